The van der Waals surface area contributed by atoms with Crippen molar-refractivity contribution in [2.45, 2.75) is 38.8 Å². The van der Waals surface area contributed by atoms with E-state index >= 15 is 0 Å². The molecule has 0 spiro atoms. The molecule has 0 atom stereocenters. The molecule has 1 aliphatic carbocycles. The number of methoxy groups -OCH3 is 1. The van der Waals surface area contributed by atoms with E-state index in [-0.39, 0.29) is 18.0 Å². The number of ether oxygens (including phenoxy) is 1. The van der Waals surface area contributed by atoms with Crippen LogP contribution in [0.5, 0.6) is 5.75 Å². The van der Waals surface area contributed by atoms with Crippen LogP contribution in [0.2, 0.25) is 0 Å². The van der Waals surface area contributed by atoms with Crippen molar-refractivity contribution in [1.29, 1.82) is 0 Å². The Balaban J connectivity index is 1.61. The van der Waals surface area contributed by atoms with E-state index in [0.717, 1.165) is 12.8 Å². The lowest BCUT2D eigenvalue weighted by Gasteiger charge is -2.13. The van der Waals surface area contributed by atoms with Crippen molar-refractivity contribution in [2.75, 3.05) is 12.4 Å². The van der Waals surface area contributed by atoms with E-state index in [0.29, 0.717) is 39.6 Å². The summed E-state index contributed by atoms with van der Waals surface area (Å²) in [6, 6.07) is 4.51. The third-order valence-corrected chi connectivity index (χ3v) is 5.01. The van der Waals surface area contributed by atoms with Crippen molar-refractivity contribution >= 4 is 22.8 Å². The lowest BCUT2D eigenvalue weighted by atomic mass is 10.1. The number of furan rings is 1. The minimum atomic E-state index is -0.444. The van der Waals surface area contributed by atoms with Crippen LogP contribution in [0, 0.1) is 12.7 Å². The van der Waals surface area contributed by atoms with Crippen molar-refractivity contribution < 1.29 is 18.3 Å². The van der Waals surface area contributed by atoms with Crippen LogP contribution in [0.3, 0.4) is 0 Å². The lowest BCUT2D eigenvalue weighted by molar-refractivity contribution is 0.0950. The maximum atomic E-state index is 14.1. The van der Waals surface area contributed by atoms with E-state index in [4.69, 9.17) is 9.15 Å². The van der Waals surface area contributed by atoms with Crippen LogP contribution in [0.15, 0.2) is 28.9 Å². The fraction of sp³-hybridized carbons (Fsp3) is 0.350. The molecular formula is C20H21FN4O3. The van der Waals surface area contributed by atoms with E-state index in [2.05, 4.69) is 27.5 Å². The predicted octanol–water partition coefficient (Wildman–Crippen LogP) is 3.57. The summed E-state index contributed by atoms with van der Waals surface area (Å²) in [6.07, 6.45) is 3.48. The van der Waals surface area contributed by atoms with Crippen molar-refractivity contribution in [1.82, 2.24) is 15.3 Å². The number of aryl methyl sites for hydroxylation is 1. The highest BCUT2D eigenvalue weighted by molar-refractivity contribution is 6.10. The summed E-state index contributed by atoms with van der Waals surface area (Å²) in [5.74, 6) is 0.617. The van der Waals surface area contributed by atoms with E-state index in [1.807, 2.05) is 0 Å². The summed E-state index contributed by atoms with van der Waals surface area (Å²) >= 11 is 0. The summed E-state index contributed by atoms with van der Waals surface area (Å²) in [4.78, 5) is 21.3. The average Bonchev–Trinajstić information content (AvgIpc) is 3.28. The molecule has 0 unspecified atom stereocenters. The summed E-state index contributed by atoms with van der Waals surface area (Å²) < 4.78 is 24.8. The van der Waals surface area contributed by atoms with Gasteiger partial charge in [-0.2, -0.15) is 0 Å². The molecule has 1 aromatic carbocycles. The molecule has 1 amide bonds. The van der Waals surface area contributed by atoms with E-state index < -0.39 is 5.82 Å². The number of nitrogens with zero attached hydrogens (tertiary/aromatic N) is 2. The zero-order chi connectivity index (χ0) is 19.9. The molecule has 28 heavy (non-hydrogen) atoms. The highest BCUT2D eigenvalue weighted by atomic mass is 19.1. The van der Waals surface area contributed by atoms with Gasteiger partial charge >= 0.3 is 0 Å². The quantitative estimate of drug-likeness (QED) is 0.675. The number of aromatic nitrogens is 2. The van der Waals surface area contributed by atoms with Crippen LogP contribution in [0.25, 0.3) is 11.1 Å². The summed E-state index contributed by atoms with van der Waals surface area (Å²) in [5.41, 5.74) is 1.04. The molecule has 1 saturated carbocycles. The van der Waals surface area contributed by atoms with Crippen LogP contribution in [0.1, 0.15) is 41.4 Å². The Morgan fingerprint density at radius 2 is 2.14 bits per heavy atom. The van der Waals surface area contributed by atoms with Gasteiger partial charge in [0.1, 0.15) is 29.5 Å². The molecular weight excluding hydrogens is 363 g/mol. The molecule has 0 bridgehead atoms. The molecule has 0 aliphatic heterocycles. The third kappa shape index (κ3) is 3.37. The van der Waals surface area contributed by atoms with Gasteiger partial charge in [0.2, 0.25) is 5.71 Å². The molecule has 7 nitrogen and oxygen atoms in total. The smallest absolute Gasteiger partial charge is 0.255 e. The molecule has 2 N–H and O–H groups in total. The van der Waals surface area contributed by atoms with Gasteiger partial charge in [0.25, 0.3) is 5.91 Å². The molecule has 0 radical (unpaired) electrons. The van der Waals surface area contributed by atoms with E-state index in [1.165, 1.54) is 19.5 Å². The molecule has 146 valence electrons. The maximum Gasteiger partial charge on any atom is 0.255 e. The van der Waals surface area contributed by atoms with Gasteiger partial charge in [-0.3, -0.25) is 4.79 Å². The molecule has 3 aromatic rings. The van der Waals surface area contributed by atoms with Gasteiger partial charge in [0, 0.05) is 23.7 Å². The number of nitrogens with one attached hydrogen (secondary N) is 2. The largest absolute Gasteiger partial charge is 0.497 e. The Kier molecular flexibility index (Phi) is 4.41. The first kappa shape index (κ1) is 18.2. The van der Waals surface area contributed by atoms with Gasteiger partial charge in [-0.05, 0) is 32.8 Å². The number of amides is 1. The van der Waals surface area contributed by atoms with Crippen LogP contribution >= 0.6 is 0 Å². The highest BCUT2D eigenvalue weighted by Gasteiger charge is 2.38. The molecule has 1 fully saturated rings. The van der Waals surface area contributed by atoms with Gasteiger partial charge in [-0.15, -0.1) is 0 Å². The fourth-order valence-corrected chi connectivity index (χ4v) is 3.07. The Morgan fingerprint density at radius 3 is 2.82 bits per heavy atom. The Bertz CT molecular complexity index is 1060. The molecule has 4 rings (SSSR count). The van der Waals surface area contributed by atoms with Crippen LogP contribution in [-0.2, 0) is 6.54 Å². The zero-order valence-corrected chi connectivity index (χ0v) is 15.9. The lowest BCUT2D eigenvalue weighted by Crippen LogP contribution is -2.24. The van der Waals surface area contributed by atoms with Gasteiger partial charge in [-0.25, -0.2) is 14.4 Å². The second kappa shape index (κ2) is 6.78. The third-order valence-electron chi connectivity index (χ3n) is 5.01. The normalized spacial score (nSPS) is 14.7. The number of rotatable bonds is 6. The molecule has 1 aliphatic rings. The second-order valence-electron chi connectivity index (χ2n) is 7.26. The van der Waals surface area contributed by atoms with Crippen molar-refractivity contribution in [3.8, 4) is 5.75 Å². The number of fused-ring (bicyclic) bond motifs is 1. The first-order chi connectivity index (χ1) is 13.4. The first-order valence-corrected chi connectivity index (χ1v) is 9.03. The monoisotopic (exact) mass is 384 g/mol. The number of anilines is 1. The Morgan fingerprint density at radius 1 is 1.36 bits per heavy atom. The Hall–Kier alpha value is -3.16. The van der Waals surface area contributed by atoms with Crippen molar-refractivity contribution in [2.24, 2.45) is 0 Å². The van der Waals surface area contributed by atoms with E-state index in [1.54, 1.807) is 19.1 Å². The summed E-state index contributed by atoms with van der Waals surface area (Å²) in [6.45, 7) is 3.84. The van der Waals surface area contributed by atoms with Gasteiger partial charge in [0.15, 0.2) is 0 Å². The van der Waals surface area contributed by atoms with E-state index in [9.17, 15) is 9.18 Å². The number of benzene rings is 1. The number of carbonyl (C=O) groups excluding carboxylic acids is 1. The van der Waals surface area contributed by atoms with Crippen LogP contribution in [-0.4, -0.2) is 28.5 Å². The molecule has 2 heterocycles. The topological polar surface area (TPSA) is 89.3 Å². The standard InChI is InChI=1S/C20H21FN4O3/c1-11-15(18(26)22-9-12-4-5-13(27-3)8-14(12)21)16-17(25-20(2)6-7-20)23-10-24-19(16)28-11/h4-5,8,10H,6-7,9H2,1-3H3,(H,22,26)(H,23,24,25). The Labute approximate surface area is 161 Å². The summed E-state index contributed by atoms with van der Waals surface area (Å²) in [7, 11) is 1.47. The first-order valence-electron chi connectivity index (χ1n) is 9.03. The van der Waals surface area contributed by atoms with Gasteiger partial charge in [-0.1, -0.05) is 6.07 Å². The number of halogens is 1. The predicted molar refractivity (Wildman–Crippen MR) is 102 cm³/mol. The number of hydrogen-bond donors (Lipinski definition) is 2. The maximum absolute atomic E-state index is 14.1. The minimum Gasteiger partial charge on any atom is -0.497 e. The van der Waals surface area contributed by atoms with Crippen molar-refractivity contribution in [3.63, 3.8) is 0 Å². The second-order valence-corrected chi connectivity index (χ2v) is 7.26. The molecule has 0 saturated heterocycles. The van der Waals surface area contributed by atoms with Crippen molar-refractivity contribution in [3.05, 3.63) is 47.2 Å². The molecule has 2 aromatic heterocycles. The fourth-order valence-electron chi connectivity index (χ4n) is 3.07. The minimum absolute atomic E-state index is 0.0214. The average molecular weight is 384 g/mol. The van der Waals surface area contributed by atoms with Gasteiger partial charge < -0.3 is 19.8 Å². The van der Waals surface area contributed by atoms with Crippen LogP contribution in [0.4, 0.5) is 10.2 Å². The van der Waals surface area contributed by atoms with Crippen LogP contribution < -0.4 is 15.4 Å². The van der Waals surface area contributed by atoms with Gasteiger partial charge in [0.05, 0.1) is 18.1 Å². The number of hydrogen-bond acceptors (Lipinski definition) is 6. The SMILES string of the molecule is COc1ccc(CNC(=O)c2c(C)oc3ncnc(NC4(C)CC4)c23)c(F)c1. The number of carbonyl (C=O) groups is 1. The summed E-state index contributed by atoms with van der Waals surface area (Å²) in [5, 5.41) is 6.67. The highest BCUT2D eigenvalue weighted by Crippen LogP contribution is 2.40. The zero-order valence-electron chi connectivity index (χ0n) is 15.9. The molecule has 8 heteroatoms.